The molecule has 0 saturated heterocycles. The van der Waals surface area contributed by atoms with Crippen molar-refractivity contribution in [2.45, 2.75) is 78.6 Å². The zero-order valence-corrected chi connectivity index (χ0v) is 43.7. The van der Waals surface area contributed by atoms with Crippen LogP contribution < -0.4 is 35.2 Å². The average molecular weight is 1110 g/mol. The molecular weight excluding hydrogens is 1050 g/mol. The first kappa shape index (κ1) is 46.2. The molecule has 354 valence electrons. The number of ether oxygens (including phenoxy) is 3. The number of hydrogen-bond acceptors (Lipinski definition) is 4. The van der Waals surface area contributed by atoms with Gasteiger partial charge in [0.25, 0.3) is 13.0 Å². The van der Waals surface area contributed by atoms with Crippen molar-refractivity contribution >= 4 is 44.9 Å². The van der Waals surface area contributed by atoms with Crippen molar-refractivity contribution in [3.8, 4) is 62.8 Å². The molecule has 12 rings (SSSR count). The fourth-order valence-corrected chi connectivity index (χ4v) is 9.95. The van der Waals surface area contributed by atoms with Gasteiger partial charge < -0.3 is 23.3 Å². The number of hydrogen-bond donors (Lipinski definition) is 0. The van der Waals surface area contributed by atoms with Crippen molar-refractivity contribution in [2.75, 3.05) is 0 Å². The molecule has 0 radical (unpaired) electrons. The van der Waals surface area contributed by atoms with Gasteiger partial charge in [0.1, 0.15) is 28.8 Å². The SMILES string of the molecule is CC(C)(C)c1cc(Oc2[c-]c3c(cc2)c2cc(-c4cc5c6c(c4)Oc4ccccc4B6c4ccccc4O5)ccc2n3-c2cc(C(C)(C)C)ccn2)[c-]c(-n2[c-][n+](-c3cccc(C(C)(C)C)c3)cc2)c1.[Pt]. The molecule has 0 aliphatic carbocycles. The van der Waals surface area contributed by atoms with E-state index < -0.39 is 0 Å². The number of imidazole rings is 1. The molecule has 2 aliphatic heterocycles. The number of pyridine rings is 1. The van der Waals surface area contributed by atoms with E-state index >= 15 is 0 Å². The van der Waals surface area contributed by atoms with Crippen LogP contribution in [-0.4, -0.2) is 20.8 Å². The zero-order chi connectivity index (χ0) is 48.3. The molecule has 71 heavy (non-hydrogen) atoms. The predicted octanol–water partition coefficient (Wildman–Crippen LogP) is 12.7. The molecule has 5 heterocycles. The standard InChI is InChI=1S/C62H53BN4O3.Pt/c1-60(2,3)41-15-14-16-44(32-41)65-27-28-66(38-65)45-33-43(62(7,8)9)34-47(36-45)68-46-22-23-48-49-29-39(21-24-52(49)67(53(48)37-46)58-35-42(25-26-64-58)61(4,5)6)40-30-56-59-57(31-40)70-55-20-13-11-18-51(55)63(59)50-17-10-12-19-54(50)69-56;/h10-35H,1-9H3;/q-2;. The second-order valence-electron chi connectivity index (χ2n) is 21.8. The molecule has 0 atom stereocenters. The number of fused-ring (bicyclic) bond motifs is 7. The predicted molar refractivity (Wildman–Crippen MR) is 282 cm³/mol. The Morgan fingerprint density at radius 3 is 1.94 bits per heavy atom. The Labute approximate surface area is 431 Å². The van der Waals surface area contributed by atoms with Crippen LogP contribution in [0.15, 0.2) is 158 Å². The van der Waals surface area contributed by atoms with Gasteiger partial charge in [-0.15, -0.1) is 29.7 Å². The summed E-state index contributed by atoms with van der Waals surface area (Å²) < 4.78 is 26.4. The zero-order valence-electron chi connectivity index (χ0n) is 41.4. The third kappa shape index (κ3) is 8.26. The van der Waals surface area contributed by atoms with Gasteiger partial charge in [-0.25, -0.2) is 4.98 Å². The molecule has 0 N–H and O–H groups in total. The molecular formula is C62H53BN4O3Pt-2. The smallest absolute Gasteiger partial charge is 0.267 e. The van der Waals surface area contributed by atoms with Crippen LogP contribution >= 0.6 is 0 Å². The minimum Gasteiger partial charge on any atom is -0.510 e. The van der Waals surface area contributed by atoms with E-state index in [2.05, 4.69) is 207 Å². The van der Waals surface area contributed by atoms with E-state index in [9.17, 15) is 0 Å². The first-order valence-electron chi connectivity index (χ1n) is 24.1. The Kier molecular flexibility index (Phi) is 11.1. The molecule has 2 aliphatic rings. The van der Waals surface area contributed by atoms with Gasteiger partial charge in [0.05, 0.1) is 5.69 Å². The maximum atomic E-state index is 6.82. The van der Waals surface area contributed by atoms with E-state index in [1.807, 2.05) is 45.9 Å². The van der Waals surface area contributed by atoms with Gasteiger partial charge in [-0.05, 0) is 115 Å². The van der Waals surface area contributed by atoms with Crippen LogP contribution in [0.1, 0.15) is 79.0 Å². The van der Waals surface area contributed by atoms with E-state index in [1.54, 1.807) is 0 Å². The summed E-state index contributed by atoms with van der Waals surface area (Å²) in [6.45, 7) is 20.0. The topological polar surface area (TPSA) is 54.3 Å². The first-order chi connectivity index (χ1) is 33.5. The first-order valence-corrected chi connectivity index (χ1v) is 24.1. The summed E-state index contributed by atoms with van der Waals surface area (Å²) in [7, 11) is 0. The van der Waals surface area contributed by atoms with Crippen LogP contribution in [0, 0.1) is 18.5 Å². The minimum atomic E-state index is -0.168. The van der Waals surface area contributed by atoms with Crippen LogP contribution in [0.3, 0.4) is 0 Å². The molecule has 0 saturated carbocycles. The summed E-state index contributed by atoms with van der Waals surface area (Å²) in [5, 5.41) is 2.09. The molecule has 7 nitrogen and oxygen atoms in total. The van der Waals surface area contributed by atoms with Gasteiger partial charge in [-0.3, -0.25) is 4.57 Å². The molecule has 7 aromatic carbocycles. The molecule has 0 unspecified atom stereocenters. The molecule has 0 bridgehead atoms. The summed E-state index contributed by atoms with van der Waals surface area (Å²) in [4.78, 5) is 4.99. The van der Waals surface area contributed by atoms with E-state index in [0.29, 0.717) is 11.5 Å². The fourth-order valence-electron chi connectivity index (χ4n) is 9.95. The number of para-hydroxylation sites is 2. The monoisotopic (exact) mass is 1110 g/mol. The largest absolute Gasteiger partial charge is 0.510 e. The summed E-state index contributed by atoms with van der Waals surface area (Å²) in [5.74, 6) is 5.32. The molecule has 10 aromatic rings. The fraction of sp³-hybridized carbons (Fsp3) is 0.194. The Balaban J connectivity index is 0.00000547. The second-order valence-corrected chi connectivity index (χ2v) is 21.8. The van der Waals surface area contributed by atoms with Gasteiger partial charge in [-0.2, -0.15) is 17.7 Å². The van der Waals surface area contributed by atoms with E-state index in [-0.39, 0.29) is 44.0 Å². The summed E-state index contributed by atoms with van der Waals surface area (Å²) in [6.07, 6.45) is 9.50. The molecule has 0 amide bonds. The van der Waals surface area contributed by atoms with Crippen molar-refractivity contribution in [3.63, 3.8) is 0 Å². The van der Waals surface area contributed by atoms with Crippen LogP contribution in [0.4, 0.5) is 0 Å². The van der Waals surface area contributed by atoms with Gasteiger partial charge >= 0.3 is 0 Å². The Hall–Kier alpha value is -7.15. The van der Waals surface area contributed by atoms with Crippen molar-refractivity contribution in [1.29, 1.82) is 0 Å². The van der Waals surface area contributed by atoms with E-state index in [0.717, 1.165) is 95.1 Å². The Morgan fingerprint density at radius 2 is 1.25 bits per heavy atom. The van der Waals surface area contributed by atoms with Gasteiger partial charge in [0.2, 0.25) is 0 Å². The second kappa shape index (κ2) is 17.0. The Bertz CT molecular complexity index is 3670. The molecule has 0 spiro atoms. The van der Waals surface area contributed by atoms with Gasteiger partial charge in [0, 0.05) is 62.1 Å². The summed E-state index contributed by atoms with van der Waals surface area (Å²) in [5.41, 5.74) is 12.5. The third-order valence-corrected chi connectivity index (χ3v) is 13.9. The quantitative estimate of drug-likeness (QED) is 0.0946. The summed E-state index contributed by atoms with van der Waals surface area (Å²) in [6, 6.07) is 56.3. The molecule has 9 heteroatoms. The van der Waals surface area contributed by atoms with Crippen molar-refractivity contribution < 1.29 is 39.8 Å². The number of rotatable bonds is 6. The van der Waals surface area contributed by atoms with Crippen LogP contribution in [-0.2, 0) is 37.3 Å². The van der Waals surface area contributed by atoms with Crippen molar-refractivity contribution in [1.82, 2.24) is 14.1 Å². The number of aromatic nitrogens is 4. The number of benzene rings is 7. The van der Waals surface area contributed by atoms with Crippen LogP contribution in [0.2, 0.25) is 0 Å². The minimum absolute atomic E-state index is 0. The maximum Gasteiger partial charge on any atom is 0.267 e. The molecule has 3 aromatic heterocycles. The number of nitrogens with zero attached hydrogens (tertiary/aromatic N) is 4. The normalized spacial score (nSPS) is 12.9. The molecule has 0 fully saturated rings. The van der Waals surface area contributed by atoms with Crippen LogP contribution in [0.5, 0.6) is 34.5 Å². The van der Waals surface area contributed by atoms with Crippen molar-refractivity contribution in [3.05, 3.63) is 193 Å². The van der Waals surface area contributed by atoms with E-state index in [1.165, 1.54) is 11.1 Å². The maximum absolute atomic E-state index is 6.82. The Morgan fingerprint density at radius 1 is 0.577 bits per heavy atom. The van der Waals surface area contributed by atoms with Crippen LogP contribution in [0.25, 0.3) is 50.1 Å². The van der Waals surface area contributed by atoms with Gasteiger partial charge in [0.15, 0.2) is 0 Å². The average Bonchev–Trinajstić information content (AvgIpc) is 3.96. The summed E-state index contributed by atoms with van der Waals surface area (Å²) >= 11 is 0. The van der Waals surface area contributed by atoms with Crippen molar-refractivity contribution in [2.24, 2.45) is 0 Å². The van der Waals surface area contributed by atoms with E-state index in [4.69, 9.17) is 19.2 Å². The third-order valence-electron chi connectivity index (χ3n) is 13.9. The van der Waals surface area contributed by atoms with Gasteiger partial charge in [-0.1, -0.05) is 128 Å².